The standard InChI is InChI=1S/C15H11F3O3/c16-15(17,18)21-13-6-4-11(5-7-13)12-3-1-2-10(8-12)9-14(19)20/h1-8H,9H2,(H,19,20). The average molecular weight is 296 g/mol. The Labute approximate surface area is 118 Å². The lowest BCUT2D eigenvalue weighted by Crippen LogP contribution is -2.16. The van der Waals surface area contributed by atoms with Gasteiger partial charge in [0, 0.05) is 0 Å². The Balaban J connectivity index is 2.20. The zero-order valence-electron chi connectivity index (χ0n) is 10.7. The van der Waals surface area contributed by atoms with Gasteiger partial charge in [-0.1, -0.05) is 36.4 Å². The van der Waals surface area contributed by atoms with E-state index in [2.05, 4.69) is 4.74 Å². The average Bonchev–Trinajstić information content (AvgIpc) is 2.37. The first kappa shape index (κ1) is 14.9. The Morgan fingerprint density at radius 1 is 1.05 bits per heavy atom. The third-order valence-electron chi connectivity index (χ3n) is 2.70. The molecule has 110 valence electrons. The number of rotatable bonds is 4. The van der Waals surface area contributed by atoms with Crippen LogP contribution in [-0.2, 0) is 11.2 Å². The predicted octanol–water partition coefficient (Wildman–Crippen LogP) is 3.88. The largest absolute Gasteiger partial charge is 0.573 e. The first-order valence-electron chi connectivity index (χ1n) is 6.00. The van der Waals surface area contributed by atoms with Crippen LogP contribution in [0.2, 0.25) is 0 Å². The topological polar surface area (TPSA) is 46.5 Å². The van der Waals surface area contributed by atoms with Crippen molar-refractivity contribution in [3.05, 3.63) is 54.1 Å². The highest BCUT2D eigenvalue weighted by Crippen LogP contribution is 2.27. The molecule has 1 N–H and O–H groups in total. The van der Waals surface area contributed by atoms with Gasteiger partial charge in [-0.15, -0.1) is 13.2 Å². The molecule has 0 aliphatic heterocycles. The summed E-state index contributed by atoms with van der Waals surface area (Å²) >= 11 is 0. The van der Waals surface area contributed by atoms with Crippen molar-refractivity contribution >= 4 is 5.97 Å². The van der Waals surface area contributed by atoms with Crippen molar-refractivity contribution in [3.63, 3.8) is 0 Å². The molecule has 2 rings (SSSR count). The number of carboxylic acid groups (broad SMARTS) is 1. The van der Waals surface area contributed by atoms with Crippen LogP contribution in [-0.4, -0.2) is 17.4 Å². The highest BCUT2D eigenvalue weighted by atomic mass is 19.4. The van der Waals surface area contributed by atoms with Crippen LogP contribution < -0.4 is 4.74 Å². The highest BCUT2D eigenvalue weighted by Gasteiger charge is 2.30. The van der Waals surface area contributed by atoms with E-state index in [4.69, 9.17) is 5.11 Å². The number of carbonyl (C=O) groups is 1. The molecule has 0 aliphatic rings. The minimum absolute atomic E-state index is 0.108. The number of benzene rings is 2. The van der Waals surface area contributed by atoms with Gasteiger partial charge in [0.05, 0.1) is 6.42 Å². The van der Waals surface area contributed by atoms with E-state index in [-0.39, 0.29) is 12.2 Å². The molecular weight excluding hydrogens is 285 g/mol. The Kier molecular flexibility index (Phi) is 4.16. The molecule has 2 aromatic carbocycles. The maximum atomic E-state index is 12.1. The van der Waals surface area contributed by atoms with Crippen LogP contribution in [0.4, 0.5) is 13.2 Å². The van der Waals surface area contributed by atoms with Crippen molar-refractivity contribution in [2.45, 2.75) is 12.8 Å². The molecule has 0 fully saturated rings. The first-order chi connectivity index (χ1) is 9.83. The number of hydrogen-bond donors (Lipinski definition) is 1. The Morgan fingerprint density at radius 2 is 1.71 bits per heavy atom. The minimum atomic E-state index is -4.72. The normalized spacial score (nSPS) is 11.2. The van der Waals surface area contributed by atoms with Gasteiger partial charge >= 0.3 is 12.3 Å². The molecule has 0 aromatic heterocycles. The lowest BCUT2D eigenvalue weighted by molar-refractivity contribution is -0.274. The number of hydrogen-bond acceptors (Lipinski definition) is 2. The van der Waals surface area contributed by atoms with Crippen molar-refractivity contribution in [3.8, 4) is 16.9 Å². The fraction of sp³-hybridized carbons (Fsp3) is 0.133. The van der Waals surface area contributed by atoms with Gasteiger partial charge in [0.1, 0.15) is 5.75 Å². The third kappa shape index (κ3) is 4.52. The van der Waals surface area contributed by atoms with Gasteiger partial charge in [0.15, 0.2) is 0 Å². The smallest absolute Gasteiger partial charge is 0.481 e. The summed E-state index contributed by atoms with van der Waals surface area (Å²) in [5, 5.41) is 8.75. The summed E-state index contributed by atoms with van der Waals surface area (Å²) < 4.78 is 40.0. The first-order valence-corrected chi connectivity index (χ1v) is 6.00. The van der Waals surface area contributed by atoms with Gasteiger partial charge in [-0.25, -0.2) is 0 Å². The Bertz CT molecular complexity index is 633. The quantitative estimate of drug-likeness (QED) is 0.931. The molecule has 0 saturated carbocycles. The molecule has 0 bridgehead atoms. The molecule has 0 unspecified atom stereocenters. The van der Waals surface area contributed by atoms with Gasteiger partial charge in [0.2, 0.25) is 0 Å². The predicted molar refractivity (Wildman–Crippen MR) is 69.9 cm³/mol. The second-order valence-electron chi connectivity index (χ2n) is 4.34. The molecule has 0 atom stereocenters. The lowest BCUT2D eigenvalue weighted by atomic mass is 10.0. The van der Waals surface area contributed by atoms with Gasteiger partial charge < -0.3 is 9.84 Å². The number of alkyl halides is 3. The van der Waals surface area contributed by atoms with Crippen LogP contribution in [0.25, 0.3) is 11.1 Å². The van der Waals surface area contributed by atoms with E-state index in [9.17, 15) is 18.0 Å². The molecule has 0 amide bonds. The number of aliphatic carboxylic acids is 1. The summed E-state index contributed by atoms with van der Waals surface area (Å²) in [7, 11) is 0. The number of ether oxygens (including phenoxy) is 1. The van der Waals surface area contributed by atoms with E-state index in [0.717, 1.165) is 5.56 Å². The third-order valence-corrected chi connectivity index (χ3v) is 2.70. The van der Waals surface area contributed by atoms with Gasteiger partial charge in [-0.3, -0.25) is 4.79 Å². The molecular formula is C15H11F3O3. The second kappa shape index (κ2) is 5.87. The summed E-state index contributed by atoms with van der Waals surface area (Å²) in [6.45, 7) is 0. The molecule has 0 saturated heterocycles. The minimum Gasteiger partial charge on any atom is -0.481 e. The van der Waals surface area contributed by atoms with Crippen molar-refractivity contribution in [2.24, 2.45) is 0 Å². The van der Waals surface area contributed by atoms with E-state index < -0.39 is 12.3 Å². The van der Waals surface area contributed by atoms with Crippen molar-refractivity contribution in [1.82, 2.24) is 0 Å². The Morgan fingerprint density at radius 3 is 2.29 bits per heavy atom. The number of carboxylic acids is 1. The summed E-state index contributed by atoms with van der Waals surface area (Å²) in [5.41, 5.74) is 2.03. The summed E-state index contributed by atoms with van der Waals surface area (Å²) in [4.78, 5) is 10.7. The second-order valence-corrected chi connectivity index (χ2v) is 4.34. The van der Waals surface area contributed by atoms with Crippen molar-refractivity contribution in [1.29, 1.82) is 0 Å². The zero-order valence-corrected chi connectivity index (χ0v) is 10.7. The van der Waals surface area contributed by atoms with E-state index in [1.807, 2.05) is 0 Å². The fourth-order valence-corrected chi connectivity index (χ4v) is 1.88. The Hall–Kier alpha value is -2.50. The maximum absolute atomic E-state index is 12.1. The van der Waals surface area contributed by atoms with Gasteiger partial charge in [-0.05, 0) is 28.8 Å². The van der Waals surface area contributed by atoms with E-state index in [0.29, 0.717) is 11.1 Å². The lowest BCUT2D eigenvalue weighted by Gasteiger charge is -2.09. The molecule has 3 nitrogen and oxygen atoms in total. The SMILES string of the molecule is O=C(O)Cc1cccc(-c2ccc(OC(F)(F)F)cc2)c1. The molecule has 6 heteroatoms. The number of halogens is 3. The monoisotopic (exact) mass is 296 g/mol. The van der Waals surface area contributed by atoms with Crippen LogP contribution in [0, 0.1) is 0 Å². The molecule has 0 aliphatic carbocycles. The maximum Gasteiger partial charge on any atom is 0.573 e. The highest BCUT2D eigenvalue weighted by molar-refractivity contribution is 5.72. The summed E-state index contributed by atoms with van der Waals surface area (Å²) in [6.07, 6.45) is -4.83. The van der Waals surface area contributed by atoms with Crippen molar-refractivity contribution in [2.75, 3.05) is 0 Å². The van der Waals surface area contributed by atoms with E-state index in [1.165, 1.54) is 24.3 Å². The molecule has 2 aromatic rings. The fourth-order valence-electron chi connectivity index (χ4n) is 1.88. The van der Waals surface area contributed by atoms with E-state index in [1.54, 1.807) is 24.3 Å². The van der Waals surface area contributed by atoms with Crippen molar-refractivity contribution < 1.29 is 27.8 Å². The van der Waals surface area contributed by atoms with Crippen LogP contribution in [0.15, 0.2) is 48.5 Å². The van der Waals surface area contributed by atoms with Crippen LogP contribution in [0.3, 0.4) is 0 Å². The molecule has 0 heterocycles. The molecule has 0 spiro atoms. The van der Waals surface area contributed by atoms with Crippen LogP contribution in [0.5, 0.6) is 5.75 Å². The summed E-state index contributed by atoms with van der Waals surface area (Å²) in [6, 6.07) is 12.2. The van der Waals surface area contributed by atoms with Gasteiger partial charge in [-0.2, -0.15) is 0 Å². The summed E-state index contributed by atoms with van der Waals surface area (Å²) in [5.74, 6) is -1.24. The van der Waals surface area contributed by atoms with Crippen LogP contribution in [0.1, 0.15) is 5.56 Å². The molecule has 21 heavy (non-hydrogen) atoms. The van der Waals surface area contributed by atoms with E-state index >= 15 is 0 Å². The zero-order chi connectivity index (χ0) is 15.5. The molecule has 0 radical (unpaired) electrons. The van der Waals surface area contributed by atoms with Crippen LogP contribution >= 0.6 is 0 Å². The van der Waals surface area contributed by atoms with Gasteiger partial charge in [0.25, 0.3) is 0 Å².